The molecular formula is C16H16Br2ClN. The van der Waals surface area contributed by atoms with E-state index < -0.39 is 0 Å². The summed E-state index contributed by atoms with van der Waals surface area (Å²) in [5.41, 5.74) is 4.70. The number of rotatable bonds is 3. The van der Waals surface area contributed by atoms with Gasteiger partial charge in [0.1, 0.15) is 0 Å². The first kappa shape index (κ1) is 16.0. The molecule has 1 nitrogen and oxygen atoms in total. The zero-order valence-corrected chi connectivity index (χ0v) is 15.5. The highest BCUT2D eigenvalue weighted by atomic mass is 79.9. The van der Waals surface area contributed by atoms with E-state index in [4.69, 9.17) is 11.6 Å². The average Bonchev–Trinajstić information content (AvgIpc) is 2.41. The Balaban J connectivity index is 2.58. The molecule has 0 amide bonds. The molecule has 2 rings (SSSR count). The second-order valence-electron chi connectivity index (χ2n) is 4.80. The zero-order valence-electron chi connectivity index (χ0n) is 11.6. The van der Waals surface area contributed by atoms with Crippen molar-refractivity contribution < 1.29 is 0 Å². The Hall–Kier alpha value is -0.350. The van der Waals surface area contributed by atoms with Crippen molar-refractivity contribution in [2.24, 2.45) is 0 Å². The van der Waals surface area contributed by atoms with Gasteiger partial charge >= 0.3 is 0 Å². The molecule has 1 unspecified atom stereocenters. The standard InChI is InChI=1S/C16H16Br2ClN/c1-9-7-14(18)12(8-13(9)17)16(20-3)11-5-4-6-15(19)10(11)2/h4-8,16,20H,1-3H3. The van der Waals surface area contributed by atoms with Gasteiger partial charge in [0, 0.05) is 14.0 Å². The normalized spacial score (nSPS) is 12.5. The smallest absolute Gasteiger partial charge is 0.0588 e. The lowest BCUT2D eigenvalue weighted by molar-refractivity contribution is 0.684. The topological polar surface area (TPSA) is 12.0 Å². The van der Waals surface area contributed by atoms with Crippen molar-refractivity contribution in [3.05, 3.63) is 66.6 Å². The minimum Gasteiger partial charge on any atom is -0.309 e. The molecule has 2 aromatic carbocycles. The van der Waals surface area contributed by atoms with Crippen molar-refractivity contribution in [1.29, 1.82) is 0 Å². The first-order valence-corrected chi connectivity index (χ1v) is 8.30. The molecule has 0 aliphatic heterocycles. The first-order valence-electron chi connectivity index (χ1n) is 6.33. The minimum absolute atomic E-state index is 0.0972. The van der Waals surface area contributed by atoms with E-state index in [0.717, 1.165) is 19.5 Å². The maximum Gasteiger partial charge on any atom is 0.0588 e. The van der Waals surface area contributed by atoms with E-state index in [2.05, 4.69) is 69.2 Å². The van der Waals surface area contributed by atoms with Crippen LogP contribution in [0.15, 0.2) is 39.3 Å². The van der Waals surface area contributed by atoms with Crippen molar-refractivity contribution in [2.45, 2.75) is 19.9 Å². The predicted octanol–water partition coefficient (Wildman–Crippen LogP) is 5.79. The van der Waals surface area contributed by atoms with E-state index in [0.29, 0.717) is 0 Å². The highest BCUT2D eigenvalue weighted by Crippen LogP contribution is 2.35. The Morgan fingerprint density at radius 2 is 1.75 bits per heavy atom. The van der Waals surface area contributed by atoms with Gasteiger partial charge in [-0.1, -0.05) is 55.6 Å². The van der Waals surface area contributed by atoms with E-state index in [1.807, 2.05) is 19.2 Å². The molecule has 4 heteroatoms. The molecule has 0 aliphatic carbocycles. The quantitative estimate of drug-likeness (QED) is 0.666. The molecule has 106 valence electrons. The van der Waals surface area contributed by atoms with Crippen LogP contribution in [-0.4, -0.2) is 7.05 Å². The molecule has 20 heavy (non-hydrogen) atoms. The summed E-state index contributed by atoms with van der Waals surface area (Å²) in [5, 5.41) is 4.18. The Kier molecular flexibility index (Phi) is 5.30. The van der Waals surface area contributed by atoms with Crippen LogP contribution in [-0.2, 0) is 0 Å². The van der Waals surface area contributed by atoms with E-state index in [1.54, 1.807) is 0 Å². The first-order chi connectivity index (χ1) is 9.45. The Morgan fingerprint density at radius 3 is 2.40 bits per heavy atom. The Morgan fingerprint density at radius 1 is 1.05 bits per heavy atom. The fraction of sp³-hybridized carbons (Fsp3) is 0.250. The van der Waals surface area contributed by atoms with E-state index >= 15 is 0 Å². The zero-order chi connectivity index (χ0) is 14.9. The van der Waals surface area contributed by atoms with Crippen LogP contribution in [0.4, 0.5) is 0 Å². The van der Waals surface area contributed by atoms with Gasteiger partial charge in [-0.3, -0.25) is 0 Å². The van der Waals surface area contributed by atoms with Crippen molar-refractivity contribution in [1.82, 2.24) is 5.32 Å². The summed E-state index contributed by atoms with van der Waals surface area (Å²) < 4.78 is 2.20. The fourth-order valence-electron chi connectivity index (χ4n) is 2.30. The van der Waals surface area contributed by atoms with Gasteiger partial charge in [-0.15, -0.1) is 0 Å². The van der Waals surface area contributed by atoms with E-state index in [-0.39, 0.29) is 6.04 Å². The lowest BCUT2D eigenvalue weighted by Crippen LogP contribution is -2.19. The number of hydrogen-bond acceptors (Lipinski definition) is 1. The largest absolute Gasteiger partial charge is 0.309 e. The van der Waals surface area contributed by atoms with Crippen LogP contribution in [0, 0.1) is 13.8 Å². The van der Waals surface area contributed by atoms with Gasteiger partial charge in [0.15, 0.2) is 0 Å². The average molecular weight is 418 g/mol. The molecule has 0 radical (unpaired) electrons. The number of halogens is 3. The second kappa shape index (κ2) is 6.61. The molecular weight excluding hydrogens is 401 g/mol. The van der Waals surface area contributed by atoms with Crippen LogP contribution in [0.25, 0.3) is 0 Å². The summed E-state index contributed by atoms with van der Waals surface area (Å²) in [4.78, 5) is 0. The number of hydrogen-bond donors (Lipinski definition) is 1. The summed E-state index contributed by atoms with van der Waals surface area (Å²) >= 11 is 13.5. The van der Waals surface area contributed by atoms with Crippen LogP contribution in [0.3, 0.4) is 0 Å². The number of benzene rings is 2. The van der Waals surface area contributed by atoms with Gasteiger partial charge < -0.3 is 5.32 Å². The molecule has 0 bridgehead atoms. The molecule has 0 aromatic heterocycles. The second-order valence-corrected chi connectivity index (χ2v) is 6.91. The van der Waals surface area contributed by atoms with Gasteiger partial charge in [0.25, 0.3) is 0 Å². The summed E-state index contributed by atoms with van der Waals surface area (Å²) in [6.07, 6.45) is 0. The summed E-state index contributed by atoms with van der Waals surface area (Å²) in [6, 6.07) is 10.4. The van der Waals surface area contributed by atoms with Crippen LogP contribution in [0.2, 0.25) is 5.02 Å². The lowest BCUT2D eigenvalue weighted by atomic mass is 9.94. The molecule has 0 saturated carbocycles. The van der Waals surface area contributed by atoms with Gasteiger partial charge in [0.05, 0.1) is 6.04 Å². The molecule has 0 saturated heterocycles. The van der Waals surface area contributed by atoms with Crippen LogP contribution in [0.5, 0.6) is 0 Å². The molecule has 0 heterocycles. The SMILES string of the molecule is CNC(c1cc(Br)c(C)cc1Br)c1cccc(Cl)c1C. The summed E-state index contributed by atoms with van der Waals surface area (Å²) in [7, 11) is 1.96. The van der Waals surface area contributed by atoms with Gasteiger partial charge in [-0.05, 0) is 61.3 Å². The number of nitrogens with one attached hydrogen (secondary N) is 1. The van der Waals surface area contributed by atoms with Crippen molar-refractivity contribution >= 4 is 43.5 Å². The van der Waals surface area contributed by atoms with E-state index in [9.17, 15) is 0 Å². The van der Waals surface area contributed by atoms with Crippen molar-refractivity contribution in [3.63, 3.8) is 0 Å². The molecule has 0 aliphatic rings. The fourth-order valence-corrected chi connectivity index (χ4v) is 3.53. The third-order valence-corrected chi connectivity index (χ3v) is 5.45. The molecule has 0 spiro atoms. The van der Waals surface area contributed by atoms with E-state index in [1.165, 1.54) is 16.7 Å². The highest BCUT2D eigenvalue weighted by Gasteiger charge is 2.18. The summed E-state index contributed by atoms with van der Waals surface area (Å²) in [5.74, 6) is 0. The lowest BCUT2D eigenvalue weighted by Gasteiger charge is -2.22. The third-order valence-electron chi connectivity index (χ3n) is 3.50. The highest BCUT2D eigenvalue weighted by molar-refractivity contribution is 9.11. The van der Waals surface area contributed by atoms with Gasteiger partial charge in [0.2, 0.25) is 0 Å². The monoisotopic (exact) mass is 415 g/mol. The van der Waals surface area contributed by atoms with Crippen molar-refractivity contribution in [3.8, 4) is 0 Å². The Bertz CT molecular complexity index is 641. The maximum absolute atomic E-state index is 6.25. The predicted molar refractivity (Wildman–Crippen MR) is 93.7 cm³/mol. The molecule has 2 aromatic rings. The van der Waals surface area contributed by atoms with Crippen LogP contribution >= 0.6 is 43.5 Å². The molecule has 1 atom stereocenters. The maximum atomic E-state index is 6.25. The van der Waals surface area contributed by atoms with Gasteiger partial charge in [-0.2, -0.15) is 0 Å². The number of aryl methyl sites for hydroxylation is 1. The molecule has 1 N–H and O–H groups in total. The van der Waals surface area contributed by atoms with Crippen LogP contribution < -0.4 is 5.32 Å². The van der Waals surface area contributed by atoms with Gasteiger partial charge in [-0.25, -0.2) is 0 Å². The summed E-state index contributed by atoms with van der Waals surface area (Å²) in [6.45, 7) is 4.14. The molecule has 0 fully saturated rings. The van der Waals surface area contributed by atoms with Crippen LogP contribution in [0.1, 0.15) is 28.3 Å². The van der Waals surface area contributed by atoms with Crippen molar-refractivity contribution in [2.75, 3.05) is 7.05 Å². The third kappa shape index (κ3) is 3.11. The minimum atomic E-state index is 0.0972. The Labute approximate surface area is 142 Å².